The quantitative estimate of drug-likeness (QED) is 0.771. The Morgan fingerprint density at radius 2 is 2.31 bits per heavy atom. The van der Waals surface area contributed by atoms with Gasteiger partial charge in [-0.05, 0) is 62.5 Å². The fourth-order valence-electron chi connectivity index (χ4n) is 6.01. The third-order valence-electron chi connectivity index (χ3n) is 7.07. The minimum atomic E-state index is -3.04. The topological polar surface area (TPSA) is 34.5 Å². The van der Waals surface area contributed by atoms with Crippen LogP contribution < -0.4 is 0 Å². The molecular formula is C22H28N2O2. The van der Waals surface area contributed by atoms with Gasteiger partial charge in [0.2, 0.25) is 0 Å². The van der Waals surface area contributed by atoms with Crippen LogP contribution in [0.5, 0.6) is 0 Å². The predicted octanol–water partition coefficient (Wildman–Crippen LogP) is 4.24. The summed E-state index contributed by atoms with van der Waals surface area (Å²) in [6.07, 6.45) is 4.42. The van der Waals surface area contributed by atoms with Crippen LogP contribution in [0.15, 0.2) is 24.3 Å². The molecule has 0 radical (unpaired) electrons. The highest BCUT2D eigenvalue weighted by molar-refractivity contribution is 5.89. The van der Waals surface area contributed by atoms with Crippen molar-refractivity contribution in [2.45, 2.75) is 58.0 Å². The van der Waals surface area contributed by atoms with Gasteiger partial charge in [0.25, 0.3) is 0 Å². The molecule has 0 N–H and O–H groups in total. The fourth-order valence-corrected chi connectivity index (χ4v) is 6.01. The smallest absolute Gasteiger partial charge is 0.329 e. The number of benzene rings is 1. The minimum absolute atomic E-state index is 0.103. The highest BCUT2D eigenvalue weighted by Gasteiger charge is 2.54. The highest BCUT2D eigenvalue weighted by Crippen LogP contribution is 2.59. The van der Waals surface area contributed by atoms with Crippen molar-refractivity contribution >= 4 is 16.9 Å². The molecule has 0 unspecified atom stereocenters. The molecule has 3 aliphatic heterocycles. The number of hydrogen-bond donors (Lipinski definition) is 0. The zero-order chi connectivity index (χ0) is 22.2. The molecule has 1 aromatic carbocycles. The van der Waals surface area contributed by atoms with Crippen molar-refractivity contribution < 1.29 is 16.4 Å². The molecule has 0 amide bonds. The second-order valence-electron chi connectivity index (χ2n) is 8.00. The van der Waals surface area contributed by atoms with Crippen LogP contribution >= 0.6 is 0 Å². The molecule has 138 valence electrons. The van der Waals surface area contributed by atoms with Gasteiger partial charge in [0.15, 0.2) is 0 Å². The molecule has 1 saturated heterocycles. The maximum Gasteiger partial charge on any atom is 0.329 e. The molecule has 5 rings (SSSR count). The second-order valence-corrected chi connectivity index (χ2v) is 8.00. The number of nitrogens with zero attached hydrogens (tertiary/aromatic N) is 2. The Balaban J connectivity index is 1.69. The van der Waals surface area contributed by atoms with E-state index in [1.54, 1.807) is 0 Å². The number of aromatic nitrogens is 1. The molecule has 4 heterocycles. The van der Waals surface area contributed by atoms with Crippen LogP contribution in [0.4, 0.5) is 0 Å². The molecule has 26 heavy (non-hydrogen) atoms. The van der Waals surface area contributed by atoms with Gasteiger partial charge in [-0.2, -0.15) is 0 Å². The normalized spacial score (nSPS) is 34.1. The number of carbonyl (C=O) groups is 1. The Bertz CT molecular complexity index is 1050. The molecule has 0 aliphatic carbocycles. The summed E-state index contributed by atoms with van der Waals surface area (Å²) in [5.74, 6) is -0.793. The van der Waals surface area contributed by atoms with E-state index < -0.39 is 25.4 Å². The van der Waals surface area contributed by atoms with Crippen molar-refractivity contribution in [3.63, 3.8) is 0 Å². The average molecular weight is 358 g/mol. The molecule has 1 aromatic heterocycles. The van der Waals surface area contributed by atoms with E-state index in [0.717, 1.165) is 55.4 Å². The molecule has 4 nitrogen and oxygen atoms in total. The lowest BCUT2D eigenvalue weighted by molar-refractivity contribution is -0.151. The van der Waals surface area contributed by atoms with Crippen LogP contribution in [-0.2, 0) is 16.0 Å². The summed E-state index contributed by atoms with van der Waals surface area (Å²) in [7, 11) is 0. The largest absolute Gasteiger partial charge is 0.464 e. The molecule has 0 bridgehead atoms. The van der Waals surface area contributed by atoms with Gasteiger partial charge in [-0.25, -0.2) is 4.79 Å². The van der Waals surface area contributed by atoms with Crippen molar-refractivity contribution in [3.05, 3.63) is 35.5 Å². The number of para-hydroxylation sites is 1. The van der Waals surface area contributed by atoms with Crippen LogP contribution in [0, 0.1) is 5.41 Å². The average Bonchev–Trinajstić information content (AvgIpc) is 3.06. The van der Waals surface area contributed by atoms with E-state index >= 15 is 0 Å². The lowest BCUT2D eigenvalue weighted by atomic mass is 9.63. The summed E-state index contributed by atoms with van der Waals surface area (Å²) in [5, 5.41) is 1.13. The van der Waals surface area contributed by atoms with Crippen molar-refractivity contribution in [2.24, 2.45) is 5.41 Å². The lowest BCUT2D eigenvalue weighted by Crippen LogP contribution is -2.54. The first-order valence-electron chi connectivity index (χ1n) is 12.2. The van der Waals surface area contributed by atoms with Crippen LogP contribution in [-0.4, -0.2) is 35.1 Å². The molecule has 4 heteroatoms. The Hall–Kier alpha value is -1.81. The van der Waals surface area contributed by atoms with Gasteiger partial charge in [-0.3, -0.25) is 4.90 Å². The molecular weight excluding hydrogens is 324 g/mol. The molecule has 3 atom stereocenters. The number of ether oxygens (including phenoxy) is 1. The maximum atomic E-state index is 13.4. The molecule has 2 aromatic rings. The number of hydrogen-bond acceptors (Lipinski definition) is 3. The highest BCUT2D eigenvalue weighted by atomic mass is 16.5. The van der Waals surface area contributed by atoms with Crippen LogP contribution in [0.3, 0.4) is 0 Å². The number of esters is 1. The van der Waals surface area contributed by atoms with E-state index in [1.807, 2.05) is 22.8 Å². The van der Waals surface area contributed by atoms with Gasteiger partial charge < -0.3 is 9.30 Å². The Morgan fingerprint density at radius 1 is 1.42 bits per heavy atom. The van der Waals surface area contributed by atoms with Gasteiger partial charge in [0, 0.05) is 27.3 Å². The second kappa shape index (κ2) is 5.85. The number of piperidine rings is 1. The van der Waals surface area contributed by atoms with Crippen molar-refractivity contribution in [3.8, 4) is 0 Å². The molecule has 1 fully saturated rings. The van der Waals surface area contributed by atoms with Gasteiger partial charge in [0.05, 0.1) is 15.3 Å². The lowest BCUT2D eigenvalue weighted by Gasteiger charge is -2.56. The van der Waals surface area contributed by atoms with Crippen molar-refractivity contribution in [1.29, 1.82) is 0 Å². The predicted molar refractivity (Wildman–Crippen MR) is 102 cm³/mol. The Morgan fingerprint density at radius 3 is 3.15 bits per heavy atom. The van der Waals surface area contributed by atoms with Gasteiger partial charge in [0.1, 0.15) is 6.04 Å². The molecule has 0 spiro atoms. The first-order valence-corrected chi connectivity index (χ1v) is 9.68. The maximum absolute atomic E-state index is 13.4. The summed E-state index contributed by atoms with van der Waals surface area (Å²) in [6.45, 7) is -1.85. The number of carbonyl (C=O) groups excluding carboxylic acids is 1. The van der Waals surface area contributed by atoms with E-state index in [4.69, 9.17) is 11.6 Å². The van der Waals surface area contributed by atoms with Crippen LogP contribution in [0.25, 0.3) is 10.9 Å². The van der Waals surface area contributed by atoms with E-state index in [2.05, 4.69) is 17.9 Å². The van der Waals surface area contributed by atoms with Gasteiger partial charge in [-0.1, -0.05) is 25.1 Å². The summed E-state index contributed by atoms with van der Waals surface area (Å²) in [6, 6.07) is 7.53. The first-order chi connectivity index (χ1) is 14.6. The van der Waals surface area contributed by atoms with Crippen LogP contribution in [0.2, 0.25) is 0 Å². The van der Waals surface area contributed by atoms with Crippen molar-refractivity contribution in [2.75, 3.05) is 19.6 Å². The Kier molecular flexibility index (Phi) is 2.66. The van der Waals surface area contributed by atoms with E-state index in [0.29, 0.717) is 6.42 Å². The van der Waals surface area contributed by atoms with Crippen LogP contribution in [0.1, 0.15) is 69.7 Å². The van der Waals surface area contributed by atoms with Gasteiger partial charge in [-0.15, -0.1) is 0 Å². The minimum Gasteiger partial charge on any atom is -0.464 e. The molecule has 3 aliphatic rings. The summed E-state index contributed by atoms with van der Waals surface area (Å²) >= 11 is 0. The zero-order valence-electron chi connectivity index (χ0n) is 20.1. The monoisotopic (exact) mass is 357 g/mol. The van der Waals surface area contributed by atoms with Crippen molar-refractivity contribution in [1.82, 2.24) is 9.47 Å². The standard InChI is InChI=1S/C22H28N2O2/c1-3-22-11-7-12-23-13-10-16-15-8-5-6-9-17(15)24(19(16)20(22)23)18(14-22)21(25)26-4-2/h5-6,8-9,18,20H,3-4,7,10-14H2,1-2H3/t18-,20+,22-/m0/s1/i2D3,4D2. The zero-order valence-corrected chi connectivity index (χ0v) is 15.1. The SMILES string of the molecule is [2H]C([2H])([2H])C([2H])([2H])OC(=O)[C@@H]1C[C@]2(CC)CCCN3CCc4c(n1c1ccccc41)[C@@H]32. The summed E-state index contributed by atoms with van der Waals surface area (Å²) in [5.41, 5.74) is 3.26. The van der Waals surface area contributed by atoms with E-state index in [-0.39, 0.29) is 11.5 Å². The van der Waals surface area contributed by atoms with Gasteiger partial charge >= 0.3 is 5.97 Å². The molecule has 0 saturated carbocycles. The Labute approximate surface area is 162 Å². The summed E-state index contributed by atoms with van der Waals surface area (Å²) in [4.78, 5) is 15.9. The first kappa shape index (κ1) is 11.8. The fraction of sp³-hybridized carbons (Fsp3) is 0.591. The van der Waals surface area contributed by atoms with E-state index in [1.165, 1.54) is 5.56 Å². The third-order valence-corrected chi connectivity index (χ3v) is 7.07. The summed E-state index contributed by atoms with van der Waals surface area (Å²) < 4.78 is 45.1. The number of fused-ring (bicyclic) bond motifs is 3. The van der Waals surface area contributed by atoms with E-state index in [9.17, 15) is 4.79 Å². The number of rotatable bonds is 3. The third kappa shape index (κ3) is 2.02.